The van der Waals surface area contributed by atoms with Crippen molar-refractivity contribution in [2.45, 2.75) is 20.5 Å². The van der Waals surface area contributed by atoms with E-state index >= 15 is 0 Å². The highest BCUT2D eigenvalue weighted by Gasteiger charge is 2.24. The fourth-order valence-electron chi connectivity index (χ4n) is 3.47. The van der Waals surface area contributed by atoms with Gasteiger partial charge in [0.2, 0.25) is 0 Å². The highest BCUT2D eigenvalue weighted by atomic mass is 127. The van der Waals surface area contributed by atoms with Gasteiger partial charge in [-0.2, -0.15) is 0 Å². The van der Waals surface area contributed by atoms with E-state index in [1.807, 2.05) is 32.0 Å². The first-order chi connectivity index (χ1) is 16.7. The van der Waals surface area contributed by atoms with Gasteiger partial charge in [0, 0.05) is 10.0 Å². The molecule has 0 unspecified atom stereocenters. The summed E-state index contributed by atoms with van der Waals surface area (Å²) in [6, 6.07) is 14.1. The van der Waals surface area contributed by atoms with Gasteiger partial charge >= 0.3 is 0 Å². The van der Waals surface area contributed by atoms with E-state index in [2.05, 4.69) is 48.8 Å². The maximum Gasteiger partial charge on any atom is 0.264 e. The molecule has 1 fully saturated rings. The van der Waals surface area contributed by atoms with E-state index in [9.17, 15) is 9.18 Å². The van der Waals surface area contributed by atoms with Crippen LogP contribution in [-0.2, 0) is 11.4 Å². The number of nitrogens with one attached hydrogen (secondary N) is 1. The maximum atomic E-state index is 14.0. The van der Waals surface area contributed by atoms with Crippen LogP contribution in [0.25, 0.3) is 6.08 Å². The lowest BCUT2D eigenvalue weighted by atomic mass is 10.1. The van der Waals surface area contributed by atoms with Gasteiger partial charge in [-0.3, -0.25) is 4.79 Å². The van der Waals surface area contributed by atoms with Crippen LogP contribution in [-0.4, -0.2) is 18.2 Å². The molecule has 4 rings (SSSR count). The number of carbonyl (C=O) groups excluding carboxylic acids is 1. The molecule has 9 heteroatoms. The Morgan fingerprint density at radius 2 is 1.89 bits per heavy atom. The maximum absolute atomic E-state index is 14.0. The second-order valence-electron chi connectivity index (χ2n) is 7.79. The summed E-state index contributed by atoms with van der Waals surface area (Å²) in [5.41, 5.74) is 4.17. The molecule has 1 aliphatic rings. The molecular formula is C26H21BrFIN2O3S. The van der Waals surface area contributed by atoms with Crippen molar-refractivity contribution in [3.8, 4) is 11.5 Å². The van der Waals surface area contributed by atoms with Crippen LogP contribution in [0.4, 0.5) is 10.1 Å². The average molecular weight is 667 g/mol. The number of rotatable bonds is 6. The van der Waals surface area contributed by atoms with Crippen molar-refractivity contribution in [3.05, 3.63) is 89.6 Å². The van der Waals surface area contributed by atoms with E-state index in [4.69, 9.17) is 9.47 Å². The molecule has 1 heterocycles. The van der Waals surface area contributed by atoms with E-state index < -0.39 is 0 Å². The number of nitrogens with zero attached hydrogens (tertiary/aromatic N) is 1. The normalized spacial score (nSPS) is 15.5. The summed E-state index contributed by atoms with van der Waals surface area (Å²) in [5, 5.41) is 3.35. The zero-order chi connectivity index (χ0) is 25.1. The minimum absolute atomic E-state index is 0.0760. The van der Waals surface area contributed by atoms with E-state index in [1.54, 1.807) is 37.5 Å². The van der Waals surface area contributed by atoms with Crippen molar-refractivity contribution >= 4 is 73.1 Å². The van der Waals surface area contributed by atoms with E-state index in [0.717, 1.165) is 30.4 Å². The smallest absolute Gasteiger partial charge is 0.264 e. The Hall–Kier alpha value is -2.37. The predicted octanol–water partition coefficient (Wildman–Crippen LogP) is 7.29. The third-order valence-corrected chi connectivity index (χ3v) is 8.14. The summed E-state index contributed by atoms with van der Waals surface area (Å²) in [6.07, 6.45) is 1.78. The Labute approximate surface area is 229 Å². The number of aryl methyl sites for hydroxylation is 2. The molecule has 0 radical (unpaired) electrons. The van der Waals surface area contributed by atoms with Crippen LogP contribution in [0.2, 0.25) is 0 Å². The van der Waals surface area contributed by atoms with Crippen LogP contribution in [0.3, 0.4) is 0 Å². The fraction of sp³-hybridized carbons (Fsp3) is 0.154. The van der Waals surface area contributed by atoms with Crippen LogP contribution >= 0.6 is 50.3 Å². The van der Waals surface area contributed by atoms with Crippen LogP contribution < -0.4 is 14.8 Å². The largest absolute Gasteiger partial charge is 0.493 e. The molecule has 0 bridgehead atoms. The first-order valence-corrected chi connectivity index (χ1v) is 13.2. The van der Waals surface area contributed by atoms with Gasteiger partial charge in [-0.15, -0.1) is 0 Å². The zero-order valence-electron chi connectivity index (χ0n) is 19.1. The molecule has 0 saturated carbocycles. The SMILES string of the molecule is COc1cc(/C=C2\SC(=Nc3cc(C)c(Br)c(C)c3)NC2=O)cc(I)c1OCc1ccccc1F. The summed E-state index contributed by atoms with van der Waals surface area (Å²) < 4.78 is 27.2. The van der Waals surface area contributed by atoms with Gasteiger partial charge in [-0.05, 0) is 101 Å². The Morgan fingerprint density at radius 1 is 1.17 bits per heavy atom. The minimum atomic E-state index is -0.321. The number of benzene rings is 3. The topological polar surface area (TPSA) is 59.9 Å². The molecule has 3 aromatic rings. The molecule has 35 heavy (non-hydrogen) atoms. The lowest BCUT2D eigenvalue weighted by Gasteiger charge is -2.14. The lowest BCUT2D eigenvalue weighted by Crippen LogP contribution is -2.19. The van der Waals surface area contributed by atoms with Gasteiger partial charge in [0.15, 0.2) is 16.7 Å². The van der Waals surface area contributed by atoms with Crippen LogP contribution in [0.1, 0.15) is 22.3 Å². The highest BCUT2D eigenvalue weighted by Crippen LogP contribution is 2.37. The first kappa shape index (κ1) is 25.7. The van der Waals surface area contributed by atoms with E-state index in [1.165, 1.54) is 17.8 Å². The molecule has 1 N–H and O–H groups in total. The summed E-state index contributed by atoms with van der Waals surface area (Å²) in [4.78, 5) is 17.7. The van der Waals surface area contributed by atoms with Crippen molar-refractivity contribution in [2.75, 3.05) is 7.11 Å². The van der Waals surface area contributed by atoms with Gasteiger partial charge in [-0.25, -0.2) is 9.38 Å². The Bertz CT molecular complexity index is 1350. The summed E-state index contributed by atoms with van der Waals surface area (Å²) >= 11 is 6.98. The third-order valence-electron chi connectivity index (χ3n) is 5.18. The Morgan fingerprint density at radius 3 is 2.57 bits per heavy atom. The molecule has 0 aliphatic carbocycles. The highest BCUT2D eigenvalue weighted by molar-refractivity contribution is 14.1. The number of amides is 1. The molecule has 5 nitrogen and oxygen atoms in total. The number of methoxy groups -OCH3 is 1. The van der Waals surface area contributed by atoms with Crippen molar-refractivity contribution in [2.24, 2.45) is 4.99 Å². The van der Waals surface area contributed by atoms with Crippen LogP contribution in [0, 0.1) is 23.2 Å². The van der Waals surface area contributed by atoms with Gasteiger partial charge < -0.3 is 14.8 Å². The summed E-state index contributed by atoms with van der Waals surface area (Å²) in [5.74, 6) is 0.481. The molecule has 180 valence electrons. The lowest BCUT2D eigenvalue weighted by molar-refractivity contribution is -0.115. The molecular weight excluding hydrogens is 646 g/mol. The van der Waals surface area contributed by atoms with Gasteiger partial charge in [0.25, 0.3) is 5.91 Å². The van der Waals surface area contributed by atoms with Crippen LogP contribution in [0.5, 0.6) is 11.5 Å². The fourth-order valence-corrected chi connectivity index (χ4v) is 5.32. The third kappa shape index (κ3) is 6.07. The number of halogens is 3. The number of ether oxygens (including phenoxy) is 2. The number of thioether (sulfide) groups is 1. The van der Waals surface area contributed by atoms with E-state index in [-0.39, 0.29) is 18.3 Å². The molecule has 1 aliphatic heterocycles. The Kier molecular flexibility index (Phi) is 8.18. The number of hydrogen-bond donors (Lipinski definition) is 1. The second kappa shape index (κ2) is 11.1. The first-order valence-electron chi connectivity index (χ1n) is 10.5. The molecule has 0 atom stereocenters. The number of hydrogen-bond acceptors (Lipinski definition) is 5. The van der Waals surface area contributed by atoms with Crippen molar-refractivity contribution in [1.29, 1.82) is 0 Å². The number of carbonyl (C=O) groups is 1. The monoisotopic (exact) mass is 666 g/mol. The molecule has 0 aromatic heterocycles. The van der Waals surface area contributed by atoms with E-state index in [0.29, 0.717) is 27.1 Å². The second-order valence-corrected chi connectivity index (χ2v) is 10.8. The minimum Gasteiger partial charge on any atom is -0.493 e. The molecule has 0 spiro atoms. The van der Waals surface area contributed by atoms with Crippen LogP contribution in [0.15, 0.2) is 62.9 Å². The van der Waals surface area contributed by atoms with Gasteiger partial charge in [0.05, 0.1) is 21.3 Å². The quantitative estimate of drug-likeness (QED) is 0.222. The van der Waals surface area contributed by atoms with Crippen molar-refractivity contribution in [1.82, 2.24) is 5.32 Å². The van der Waals surface area contributed by atoms with Crippen molar-refractivity contribution in [3.63, 3.8) is 0 Å². The number of amidine groups is 1. The summed E-state index contributed by atoms with van der Waals surface area (Å²) in [6.45, 7) is 4.09. The molecule has 1 saturated heterocycles. The zero-order valence-corrected chi connectivity index (χ0v) is 23.7. The van der Waals surface area contributed by atoms with Gasteiger partial charge in [0.1, 0.15) is 12.4 Å². The van der Waals surface area contributed by atoms with Crippen molar-refractivity contribution < 1.29 is 18.7 Å². The molecule has 1 amide bonds. The van der Waals surface area contributed by atoms with Gasteiger partial charge in [-0.1, -0.05) is 34.1 Å². The predicted molar refractivity (Wildman–Crippen MR) is 151 cm³/mol. The standard InChI is InChI=1S/C26H21BrFIN2O3S/c1-14-8-18(9-15(2)23(14)27)30-26-31-25(32)22(35-26)12-16-10-20(29)24(21(11-16)33-3)34-13-17-6-4-5-7-19(17)28/h4-12H,13H2,1-3H3,(H,30,31,32)/b22-12-. The average Bonchev–Trinajstić information content (AvgIpc) is 3.15. The Balaban J connectivity index is 1.55. The molecule has 3 aromatic carbocycles. The number of aliphatic imine (C=N–C) groups is 1. The summed E-state index contributed by atoms with van der Waals surface area (Å²) in [7, 11) is 1.54.